The molecule has 0 aliphatic carbocycles. The Morgan fingerprint density at radius 1 is 0.914 bits per heavy atom. The Hall–Kier alpha value is -3.69. The van der Waals surface area contributed by atoms with E-state index in [1.165, 1.54) is 11.4 Å². The molecule has 184 valence electrons. The molecule has 0 saturated carbocycles. The van der Waals surface area contributed by atoms with Crippen LogP contribution in [0.4, 0.5) is 11.4 Å². The number of ether oxygens (including phenoxy) is 1. The number of nitrogens with zero attached hydrogens (tertiary/aromatic N) is 1. The number of hydrogen-bond donors (Lipinski definition) is 2. The maximum absolute atomic E-state index is 12.9. The van der Waals surface area contributed by atoms with Crippen molar-refractivity contribution in [2.45, 2.75) is 18.2 Å². The second-order valence-electron chi connectivity index (χ2n) is 7.93. The fourth-order valence-corrected chi connectivity index (χ4v) is 4.52. The smallest absolute Gasteiger partial charge is 0.264 e. The van der Waals surface area contributed by atoms with E-state index < -0.39 is 15.9 Å². The Balaban J connectivity index is 1.71. The number of carbonyl (C=O) groups excluding carboxylic acids is 2. The zero-order valence-electron chi connectivity index (χ0n) is 19.9. The minimum Gasteiger partial charge on any atom is -0.385 e. The third kappa shape index (κ3) is 6.46. The van der Waals surface area contributed by atoms with Crippen LogP contribution in [0, 0.1) is 6.92 Å². The van der Waals surface area contributed by atoms with Gasteiger partial charge in [-0.15, -0.1) is 0 Å². The van der Waals surface area contributed by atoms with E-state index >= 15 is 0 Å². The van der Waals surface area contributed by atoms with Crippen LogP contribution in [0.5, 0.6) is 0 Å². The predicted molar refractivity (Wildman–Crippen MR) is 136 cm³/mol. The highest BCUT2D eigenvalue weighted by Gasteiger charge is 2.21. The van der Waals surface area contributed by atoms with Crippen molar-refractivity contribution < 1.29 is 22.7 Å². The Bertz CT molecular complexity index is 1270. The molecular weight excluding hydrogens is 466 g/mol. The van der Waals surface area contributed by atoms with E-state index in [1.54, 1.807) is 79.9 Å². The number of amides is 2. The van der Waals surface area contributed by atoms with Gasteiger partial charge in [0.15, 0.2) is 0 Å². The van der Waals surface area contributed by atoms with Gasteiger partial charge in [-0.25, -0.2) is 8.42 Å². The zero-order valence-corrected chi connectivity index (χ0v) is 20.8. The number of hydrogen-bond acceptors (Lipinski definition) is 5. The minimum atomic E-state index is -3.74. The summed E-state index contributed by atoms with van der Waals surface area (Å²) in [5, 5.41) is 5.57. The van der Waals surface area contributed by atoms with E-state index in [4.69, 9.17) is 4.74 Å². The molecule has 2 amide bonds. The monoisotopic (exact) mass is 495 g/mol. The third-order valence-electron chi connectivity index (χ3n) is 5.40. The zero-order chi connectivity index (χ0) is 25.4. The van der Waals surface area contributed by atoms with Gasteiger partial charge in [-0.3, -0.25) is 13.9 Å². The Morgan fingerprint density at radius 2 is 1.57 bits per heavy atom. The number of nitrogens with one attached hydrogen (secondary N) is 2. The Morgan fingerprint density at radius 3 is 2.23 bits per heavy atom. The number of para-hydroxylation sites is 1. The molecule has 0 heterocycles. The number of aryl methyl sites for hydroxylation is 1. The number of anilines is 2. The lowest BCUT2D eigenvalue weighted by molar-refractivity contribution is 0.0949. The van der Waals surface area contributed by atoms with Crippen molar-refractivity contribution in [2.75, 3.05) is 36.9 Å². The van der Waals surface area contributed by atoms with Crippen molar-refractivity contribution in [1.82, 2.24) is 5.32 Å². The minimum absolute atomic E-state index is 0.185. The molecule has 0 atom stereocenters. The number of methoxy groups -OCH3 is 1. The fourth-order valence-electron chi connectivity index (χ4n) is 3.33. The van der Waals surface area contributed by atoms with Gasteiger partial charge in [-0.05, 0) is 61.9 Å². The molecule has 0 radical (unpaired) electrons. The van der Waals surface area contributed by atoms with Crippen LogP contribution in [0.15, 0.2) is 77.7 Å². The average Bonchev–Trinajstić information content (AvgIpc) is 2.86. The third-order valence-corrected chi connectivity index (χ3v) is 7.20. The lowest BCUT2D eigenvalue weighted by Gasteiger charge is -2.20. The topological polar surface area (TPSA) is 105 Å². The Labute approximate surface area is 206 Å². The molecule has 2 N–H and O–H groups in total. The van der Waals surface area contributed by atoms with Gasteiger partial charge in [0.25, 0.3) is 21.8 Å². The molecule has 0 saturated heterocycles. The van der Waals surface area contributed by atoms with E-state index in [1.807, 2.05) is 6.92 Å². The van der Waals surface area contributed by atoms with Crippen LogP contribution in [0.2, 0.25) is 0 Å². The molecule has 3 rings (SSSR count). The van der Waals surface area contributed by atoms with E-state index in [0.717, 1.165) is 5.56 Å². The van der Waals surface area contributed by atoms with Crippen LogP contribution >= 0.6 is 0 Å². The molecule has 8 nitrogen and oxygen atoms in total. The van der Waals surface area contributed by atoms with E-state index in [-0.39, 0.29) is 10.8 Å². The van der Waals surface area contributed by atoms with Gasteiger partial charge in [0.1, 0.15) is 0 Å². The molecule has 35 heavy (non-hydrogen) atoms. The molecule has 3 aromatic carbocycles. The second-order valence-corrected chi connectivity index (χ2v) is 9.90. The van der Waals surface area contributed by atoms with Gasteiger partial charge in [-0.2, -0.15) is 0 Å². The van der Waals surface area contributed by atoms with Crippen molar-refractivity contribution in [3.63, 3.8) is 0 Å². The van der Waals surface area contributed by atoms with Crippen molar-refractivity contribution in [1.29, 1.82) is 0 Å². The number of carbonyl (C=O) groups is 2. The molecule has 0 spiro atoms. The summed E-state index contributed by atoms with van der Waals surface area (Å²) in [5.74, 6) is -0.712. The van der Waals surface area contributed by atoms with Crippen LogP contribution in [0.25, 0.3) is 0 Å². The van der Waals surface area contributed by atoms with Crippen LogP contribution in [0.3, 0.4) is 0 Å². The van der Waals surface area contributed by atoms with E-state index in [9.17, 15) is 18.0 Å². The highest BCUT2D eigenvalue weighted by molar-refractivity contribution is 7.92. The highest BCUT2D eigenvalue weighted by Crippen LogP contribution is 2.23. The van der Waals surface area contributed by atoms with E-state index in [0.29, 0.717) is 42.1 Å². The molecule has 0 aromatic heterocycles. The second kappa shape index (κ2) is 11.6. The molecule has 9 heteroatoms. The van der Waals surface area contributed by atoms with Crippen molar-refractivity contribution >= 4 is 33.2 Å². The molecule has 0 aliphatic rings. The summed E-state index contributed by atoms with van der Waals surface area (Å²) in [6.07, 6.45) is 0.678. The SMILES string of the molecule is COCCCNC(=O)c1ccccc1NC(=O)c1ccc(N(C)S(=O)(=O)c2ccc(C)cc2)cc1. The van der Waals surface area contributed by atoms with Gasteiger partial charge >= 0.3 is 0 Å². The van der Waals surface area contributed by atoms with Crippen molar-refractivity contribution in [2.24, 2.45) is 0 Å². The van der Waals surface area contributed by atoms with Crippen LogP contribution in [-0.4, -0.2) is 47.5 Å². The standard InChI is InChI=1S/C26H29N3O5S/c1-19-9-15-22(16-10-19)35(32,33)29(2)21-13-11-20(12-14-21)25(30)28-24-8-5-4-7-23(24)26(31)27-17-6-18-34-3/h4-5,7-16H,6,17-18H2,1-3H3,(H,27,31)(H,28,30). The molecule has 0 aliphatic heterocycles. The van der Waals surface area contributed by atoms with Crippen LogP contribution in [0.1, 0.15) is 32.7 Å². The first kappa shape index (κ1) is 25.9. The highest BCUT2D eigenvalue weighted by atomic mass is 32.2. The average molecular weight is 496 g/mol. The van der Waals surface area contributed by atoms with Gasteiger partial charge < -0.3 is 15.4 Å². The quantitative estimate of drug-likeness (QED) is 0.416. The molecular formula is C26H29N3O5S. The maximum atomic E-state index is 12.9. The summed E-state index contributed by atoms with van der Waals surface area (Å²) in [7, 11) is -0.675. The summed E-state index contributed by atoms with van der Waals surface area (Å²) < 4.78 is 32.0. The van der Waals surface area contributed by atoms with Crippen LogP contribution < -0.4 is 14.9 Å². The Kier molecular flexibility index (Phi) is 8.62. The van der Waals surface area contributed by atoms with Crippen molar-refractivity contribution in [3.8, 4) is 0 Å². The molecule has 0 unspecified atom stereocenters. The molecule has 0 bridgehead atoms. The van der Waals surface area contributed by atoms with Gasteiger partial charge in [-0.1, -0.05) is 29.8 Å². The largest absolute Gasteiger partial charge is 0.385 e. The molecule has 3 aromatic rings. The fraction of sp³-hybridized carbons (Fsp3) is 0.231. The summed E-state index contributed by atoms with van der Waals surface area (Å²) in [6.45, 7) is 2.88. The summed E-state index contributed by atoms with van der Waals surface area (Å²) in [5.41, 5.74) is 2.43. The predicted octanol–water partition coefficient (Wildman–Crippen LogP) is 3.84. The normalized spacial score (nSPS) is 11.1. The van der Waals surface area contributed by atoms with Gasteiger partial charge in [0.2, 0.25) is 0 Å². The van der Waals surface area contributed by atoms with Crippen molar-refractivity contribution in [3.05, 3.63) is 89.5 Å². The van der Waals surface area contributed by atoms with Gasteiger partial charge in [0, 0.05) is 32.9 Å². The maximum Gasteiger partial charge on any atom is 0.264 e. The van der Waals surface area contributed by atoms with E-state index in [2.05, 4.69) is 10.6 Å². The molecule has 0 fully saturated rings. The lowest BCUT2D eigenvalue weighted by Crippen LogP contribution is -2.27. The van der Waals surface area contributed by atoms with Crippen LogP contribution in [-0.2, 0) is 14.8 Å². The summed E-state index contributed by atoms with van der Waals surface area (Å²) in [6, 6.07) is 19.6. The first-order valence-electron chi connectivity index (χ1n) is 11.1. The summed E-state index contributed by atoms with van der Waals surface area (Å²) in [4.78, 5) is 25.5. The lowest BCUT2D eigenvalue weighted by atomic mass is 10.1. The number of rotatable bonds is 10. The number of benzene rings is 3. The first-order chi connectivity index (χ1) is 16.7. The number of sulfonamides is 1. The first-order valence-corrected chi connectivity index (χ1v) is 12.5. The van der Waals surface area contributed by atoms with Gasteiger partial charge in [0.05, 0.1) is 21.8 Å². The summed E-state index contributed by atoms with van der Waals surface area (Å²) >= 11 is 0.